The molecular formula is C13H21N3O2. The second kappa shape index (κ2) is 7.00. The summed E-state index contributed by atoms with van der Waals surface area (Å²) < 4.78 is 0. The summed E-state index contributed by atoms with van der Waals surface area (Å²) in [7, 11) is 0. The van der Waals surface area contributed by atoms with Gasteiger partial charge in [-0.05, 0) is 31.1 Å². The van der Waals surface area contributed by atoms with Gasteiger partial charge in [-0.1, -0.05) is 13.8 Å². The van der Waals surface area contributed by atoms with Gasteiger partial charge in [-0.3, -0.25) is 9.59 Å². The summed E-state index contributed by atoms with van der Waals surface area (Å²) in [6, 6.07) is 1.79. The Morgan fingerprint density at radius 2 is 2.11 bits per heavy atom. The van der Waals surface area contributed by atoms with E-state index in [4.69, 9.17) is 5.26 Å². The molecule has 1 rings (SSSR count). The molecule has 100 valence electrons. The van der Waals surface area contributed by atoms with Gasteiger partial charge < -0.3 is 10.2 Å². The maximum atomic E-state index is 11.8. The molecule has 1 aliphatic rings. The minimum atomic E-state index is -0.667. The van der Waals surface area contributed by atoms with E-state index in [9.17, 15) is 9.59 Å². The highest BCUT2D eigenvalue weighted by Gasteiger charge is 2.25. The van der Waals surface area contributed by atoms with Crippen LogP contribution in [-0.4, -0.2) is 36.3 Å². The fraction of sp³-hybridized carbons (Fsp3) is 0.769. The normalized spacial score (nSPS) is 20.1. The summed E-state index contributed by atoms with van der Waals surface area (Å²) in [6.07, 6.45) is 3.01. The van der Waals surface area contributed by atoms with Crippen LogP contribution in [0.2, 0.25) is 0 Å². The van der Waals surface area contributed by atoms with Crippen molar-refractivity contribution in [3.05, 3.63) is 0 Å². The fourth-order valence-electron chi connectivity index (χ4n) is 2.33. The molecule has 1 saturated heterocycles. The molecule has 1 unspecified atom stereocenters. The van der Waals surface area contributed by atoms with Crippen LogP contribution < -0.4 is 5.32 Å². The van der Waals surface area contributed by atoms with Gasteiger partial charge in [-0.15, -0.1) is 0 Å². The average molecular weight is 251 g/mol. The number of carbonyl (C=O) groups is 2. The number of likely N-dealkylation sites (tertiary alicyclic amines) is 1. The number of amides is 2. The van der Waals surface area contributed by atoms with E-state index in [1.165, 1.54) is 0 Å². The maximum Gasteiger partial charge on any atom is 0.311 e. The largest absolute Gasteiger partial charge is 0.335 e. The molecule has 0 aromatic rings. The second-order valence-corrected chi connectivity index (χ2v) is 5.07. The van der Waals surface area contributed by atoms with E-state index in [1.807, 2.05) is 0 Å². The van der Waals surface area contributed by atoms with Gasteiger partial charge in [0.2, 0.25) is 0 Å². The van der Waals surface area contributed by atoms with E-state index in [2.05, 4.69) is 19.2 Å². The van der Waals surface area contributed by atoms with Crippen LogP contribution in [0.15, 0.2) is 0 Å². The molecule has 0 saturated carbocycles. The number of hydrogen-bond donors (Lipinski definition) is 1. The van der Waals surface area contributed by atoms with Crippen molar-refractivity contribution in [1.29, 1.82) is 5.26 Å². The lowest BCUT2D eigenvalue weighted by atomic mass is 9.89. The number of nitrogens with one attached hydrogen (secondary N) is 1. The SMILES string of the molecule is CC(C)C1CCCN(C(=O)C(=O)NCC#N)CC1. The Bertz CT molecular complexity index is 347. The third-order valence-electron chi connectivity index (χ3n) is 3.53. The van der Waals surface area contributed by atoms with Crippen LogP contribution in [0.5, 0.6) is 0 Å². The molecule has 1 fully saturated rings. The predicted octanol–water partition coefficient (Wildman–Crippen LogP) is 0.911. The molecule has 0 aliphatic carbocycles. The predicted molar refractivity (Wildman–Crippen MR) is 67.4 cm³/mol. The first-order chi connectivity index (χ1) is 8.56. The lowest BCUT2D eigenvalue weighted by Crippen LogP contribution is -2.43. The number of rotatable bonds is 2. The molecular weight excluding hydrogens is 230 g/mol. The van der Waals surface area contributed by atoms with E-state index in [0.29, 0.717) is 24.9 Å². The highest BCUT2D eigenvalue weighted by Crippen LogP contribution is 2.24. The van der Waals surface area contributed by atoms with Crippen LogP contribution in [0.1, 0.15) is 33.1 Å². The molecule has 0 aromatic carbocycles. The smallest absolute Gasteiger partial charge is 0.311 e. The molecule has 18 heavy (non-hydrogen) atoms. The average Bonchev–Trinajstić information content (AvgIpc) is 2.60. The highest BCUT2D eigenvalue weighted by molar-refractivity contribution is 6.35. The van der Waals surface area contributed by atoms with Crippen LogP contribution in [0.25, 0.3) is 0 Å². The summed E-state index contributed by atoms with van der Waals surface area (Å²) in [6.45, 7) is 5.56. The first kappa shape index (κ1) is 14.5. The van der Waals surface area contributed by atoms with Gasteiger partial charge in [0.05, 0.1) is 6.07 Å². The molecule has 1 heterocycles. The molecule has 5 nitrogen and oxygen atoms in total. The van der Waals surface area contributed by atoms with Gasteiger partial charge in [0, 0.05) is 13.1 Å². The minimum absolute atomic E-state index is 0.118. The summed E-state index contributed by atoms with van der Waals surface area (Å²) in [5.74, 6) is 0.0756. The Hall–Kier alpha value is -1.57. The van der Waals surface area contributed by atoms with Crippen molar-refractivity contribution < 1.29 is 9.59 Å². The van der Waals surface area contributed by atoms with Gasteiger partial charge in [0.15, 0.2) is 0 Å². The molecule has 5 heteroatoms. The number of hydrogen-bond acceptors (Lipinski definition) is 3. The molecule has 1 N–H and O–H groups in total. The minimum Gasteiger partial charge on any atom is -0.335 e. The maximum absolute atomic E-state index is 11.8. The summed E-state index contributed by atoms with van der Waals surface area (Å²) in [5.41, 5.74) is 0. The van der Waals surface area contributed by atoms with Crippen molar-refractivity contribution in [3.63, 3.8) is 0 Å². The molecule has 0 spiro atoms. The number of carbonyl (C=O) groups excluding carboxylic acids is 2. The van der Waals surface area contributed by atoms with Gasteiger partial charge in [0.1, 0.15) is 6.54 Å². The fourth-order valence-corrected chi connectivity index (χ4v) is 2.33. The molecule has 0 radical (unpaired) electrons. The third-order valence-corrected chi connectivity index (χ3v) is 3.53. The van der Waals surface area contributed by atoms with Crippen LogP contribution in [0, 0.1) is 23.2 Å². The lowest BCUT2D eigenvalue weighted by molar-refractivity contribution is -0.145. The zero-order chi connectivity index (χ0) is 13.5. The van der Waals surface area contributed by atoms with Crippen molar-refractivity contribution in [2.45, 2.75) is 33.1 Å². The summed E-state index contributed by atoms with van der Waals surface area (Å²) in [5, 5.41) is 10.7. The Labute approximate surface area is 108 Å². The van der Waals surface area contributed by atoms with Gasteiger partial charge in [-0.2, -0.15) is 5.26 Å². The second-order valence-electron chi connectivity index (χ2n) is 5.07. The van der Waals surface area contributed by atoms with Crippen LogP contribution >= 0.6 is 0 Å². The Kier molecular flexibility index (Phi) is 5.63. The Morgan fingerprint density at radius 3 is 2.72 bits per heavy atom. The van der Waals surface area contributed by atoms with Crippen molar-refractivity contribution in [3.8, 4) is 6.07 Å². The zero-order valence-corrected chi connectivity index (χ0v) is 11.1. The van der Waals surface area contributed by atoms with Crippen molar-refractivity contribution in [2.24, 2.45) is 11.8 Å². The summed E-state index contributed by atoms with van der Waals surface area (Å²) in [4.78, 5) is 24.9. The monoisotopic (exact) mass is 251 g/mol. The van der Waals surface area contributed by atoms with E-state index >= 15 is 0 Å². The summed E-state index contributed by atoms with van der Waals surface area (Å²) >= 11 is 0. The first-order valence-electron chi connectivity index (χ1n) is 6.50. The van der Waals surface area contributed by atoms with E-state index in [-0.39, 0.29) is 6.54 Å². The van der Waals surface area contributed by atoms with Crippen molar-refractivity contribution in [2.75, 3.05) is 19.6 Å². The van der Waals surface area contributed by atoms with Crippen LogP contribution in [-0.2, 0) is 9.59 Å². The van der Waals surface area contributed by atoms with Crippen LogP contribution in [0.4, 0.5) is 0 Å². The topological polar surface area (TPSA) is 73.2 Å². The molecule has 1 aliphatic heterocycles. The zero-order valence-electron chi connectivity index (χ0n) is 11.1. The van der Waals surface area contributed by atoms with Crippen molar-refractivity contribution in [1.82, 2.24) is 10.2 Å². The standard InChI is InChI=1S/C13H21N3O2/c1-10(2)11-4-3-8-16(9-5-11)13(18)12(17)15-7-6-14/h10-11H,3-5,7-9H2,1-2H3,(H,15,17). The molecule has 0 aromatic heterocycles. The number of nitrogens with zero attached hydrogens (tertiary/aromatic N) is 2. The molecule has 0 bridgehead atoms. The quantitative estimate of drug-likeness (QED) is 0.585. The Balaban J connectivity index is 2.50. The third kappa shape index (κ3) is 4.02. The van der Waals surface area contributed by atoms with E-state index in [1.54, 1.807) is 11.0 Å². The van der Waals surface area contributed by atoms with Gasteiger partial charge >= 0.3 is 11.8 Å². The van der Waals surface area contributed by atoms with Crippen LogP contribution in [0.3, 0.4) is 0 Å². The first-order valence-corrected chi connectivity index (χ1v) is 6.50. The van der Waals surface area contributed by atoms with E-state index in [0.717, 1.165) is 19.3 Å². The Morgan fingerprint density at radius 1 is 1.39 bits per heavy atom. The van der Waals surface area contributed by atoms with Gasteiger partial charge in [0.25, 0.3) is 0 Å². The molecule has 2 amide bonds. The molecule has 1 atom stereocenters. The van der Waals surface area contributed by atoms with E-state index < -0.39 is 11.8 Å². The van der Waals surface area contributed by atoms with Gasteiger partial charge in [-0.25, -0.2) is 0 Å². The lowest BCUT2D eigenvalue weighted by Gasteiger charge is -2.20. The van der Waals surface area contributed by atoms with Crippen molar-refractivity contribution >= 4 is 11.8 Å². The highest BCUT2D eigenvalue weighted by atomic mass is 16.2. The number of nitriles is 1.